The summed E-state index contributed by atoms with van der Waals surface area (Å²) in [5, 5.41) is 2.91. The number of nitrogens with one attached hydrogen (secondary N) is 1. The van der Waals surface area contributed by atoms with E-state index in [9.17, 15) is 4.79 Å². The van der Waals surface area contributed by atoms with Gasteiger partial charge in [-0.25, -0.2) is 0 Å². The highest BCUT2D eigenvalue weighted by Crippen LogP contribution is 2.25. The van der Waals surface area contributed by atoms with E-state index in [1.54, 1.807) is 0 Å². The van der Waals surface area contributed by atoms with Crippen LogP contribution in [0.2, 0.25) is 0 Å². The van der Waals surface area contributed by atoms with Crippen LogP contribution in [0.15, 0.2) is 0 Å². The predicted octanol–water partition coefficient (Wildman–Crippen LogP) is 0.0932. The number of amides is 1. The van der Waals surface area contributed by atoms with Gasteiger partial charge in [0, 0.05) is 25.2 Å². The predicted molar refractivity (Wildman–Crippen MR) is 70.2 cm³/mol. The molecule has 5 heteroatoms. The molecule has 1 unspecified atom stereocenters. The molecule has 0 aromatic heterocycles. The highest BCUT2D eigenvalue weighted by molar-refractivity contribution is 5.82. The normalized spacial score (nSPS) is 34.2. The van der Waals surface area contributed by atoms with Crippen LogP contribution < -0.4 is 11.1 Å². The van der Waals surface area contributed by atoms with Gasteiger partial charge in [0.05, 0.1) is 13.2 Å². The molecule has 1 heterocycles. The Morgan fingerprint density at radius 2 is 2.11 bits per heavy atom. The SMILES string of the molecule is CCNC(=O)C1COCCN1C1CCC(N)CC1. The van der Waals surface area contributed by atoms with Crippen LogP contribution in [0.4, 0.5) is 0 Å². The molecule has 1 saturated heterocycles. The maximum atomic E-state index is 12.1. The van der Waals surface area contributed by atoms with Gasteiger partial charge < -0.3 is 15.8 Å². The largest absolute Gasteiger partial charge is 0.378 e. The first-order valence-electron chi connectivity index (χ1n) is 7.09. The number of hydrogen-bond acceptors (Lipinski definition) is 4. The van der Waals surface area contributed by atoms with Gasteiger partial charge in [0.1, 0.15) is 6.04 Å². The first-order valence-corrected chi connectivity index (χ1v) is 7.09. The fourth-order valence-electron chi connectivity index (χ4n) is 3.01. The average Bonchev–Trinajstić information content (AvgIpc) is 2.40. The van der Waals surface area contributed by atoms with Gasteiger partial charge in [0.15, 0.2) is 0 Å². The number of rotatable bonds is 3. The molecule has 2 fully saturated rings. The van der Waals surface area contributed by atoms with Crippen molar-refractivity contribution in [3.8, 4) is 0 Å². The molecule has 1 aliphatic carbocycles. The number of nitrogens with two attached hydrogens (primary N) is 1. The Hall–Kier alpha value is -0.650. The van der Waals surface area contributed by atoms with Crippen molar-refractivity contribution < 1.29 is 9.53 Å². The van der Waals surface area contributed by atoms with Crippen molar-refractivity contribution in [1.82, 2.24) is 10.2 Å². The minimum Gasteiger partial charge on any atom is -0.378 e. The van der Waals surface area contributed by atoms with Crippen LogP contribution >= 0.6 is 0 Å². The monoisotopic (exact) mass is 255 g/mol. The molecule has 0 aromatic carbocycles. The second-order valence-corrected chi connectivity index (χ2v) is 5.29. The van der Waals surface area contributed by atoms with Gasteiger partial charge >= 0.3 is 0 Å². The molecular weight excluding hydrogens is 230 g/mol. The topological polar surface area (TPSA) is 67.6 Å². The van der Waals surface area contributed by atoms with Crippen LogP contribution in [0.3, 0.4) is 0 Å². The van der Waals surface area contributed by atoms with Crippen LogP contribution in [0.25, 0.3) is 0 Å². The molecule has 2 aliphatic rings. The second-order valence-electron chi connectivity index (χ2n) is 5.29. The summed E-state index contributed by atoms with van der Waals surface area (Å²) in [5.74, 6) is 0.104. The molecule has 5 nitrogen and oxygen atoms in total. The minimum absolute atomic E-state index is 0.104. The zero-order valence-electron chi connectivity index (χ0n) is 11.2. The molecule has 0 bridgehead atoms. The fraction of sp³-hybridized carbons (Fsp3) is 0.923. The molecule has 0 aromatic rings. The van der Waals surface area contributed by atoms with E-state index in [1.807, 2.05) is 6.92 Å². The number of ether oxygens (including phenoxy) is 1. The summed E-state index contributed by atoms with van der Waals surface area (Å²) in [6.45, 7) is 4.75. The van der Waals surface area contributed by atoms with E-state index in [0.29, 0.717) is 25.2 Å². The molecule has 2 rings (SSSR count). The highest BCUT2D eigenvalue weighted by atomic mass is 16.5. The maximum absolute atomic E-state index is 12.1. The van der Waals surface area contributed by atoms with Crippen molar-refractivity contribution >= 4 is 5.91 Å². The lowest BCUT2D eigenvalue weighted by Gasteiger charge is -2.42. The van der Waals surface area contributed by atoms with Gasteiger partial charge in [-0.2, -0.15) is 0 Å². The third kappa shape index (κ3) is 3.22. The van der Waals surface area contributed by atoms with Crippen LogP contribution in [0.5, 0.6) is 0 Å². The van der Waals surface area contributed by atoms with E-state index in [0.717, 1.165) is 38.8 Å². The Morgan fingerprint density at radius 1 is 1.39 bits per heavy atom. The van der Waals surface area contributed by atoms with E-state index in [2.05, 4.69) is 10.2 Å². The molecule has 1 amide bonds. The zero-order chi connectivity index (χ0) is 13.0. The molecule has 18 heavy (non-hydrogen) atoms. The summed E-state index contributed by atoms with van der Waals surface area (Å²) >= 11 is 0. The average molecular weight is 255 g/mol. The van der Waals surface area contributed by atoms with E-state index in [4.69, 9.17) is 10.5 Å². The van der Waals surface area contributed by atoms with E-state index in [1.165, 1.54) is 0 Å². The number of hydrogen-bond donors (Lipinski definition) is 2. The van der Waals surface area contributed by atoms with Crippen molar-refractivity contribution in [2.45, 2.75) is 50.7 Å². The van der Waals surface area contributed by atoms with E-state index < -0.39 is 0 Å². The molecular formula is C13H25N3O2. The van der Waals surface area contributed by atoms with Crippen LogP contribution in [-0.4, -0.2) is 55.2 Å². The Bertz CT molecular complexity index is 277. The lowest BCUT2D eigenvalue weighted by molar-refractivity contribution is -0.135. The first kappa shape index (κ1) is 13.8. The number of nitrogens with zero attached hydrogens (tertiary/aromatic N) is 1. The van der Waals surface area contributed by atoms with E-state index >= 15 is 0 Å². The van der Waals surface area contributed by atoms with Crippen molar-refractivity contribution in [1.29, 1.82) is 0 Å². The van der Waals surface area contributed by atoms with Gasteiger partial charge in [-0.05, 0) is 32.6 Å². The van der Waals surface area contributed by atoms with Crippen molar-refractivity contribution in [2.75, 3.05) is 26.3 Å². The third-order valence-electron chi connectivity index (χ3n) is 4.03. The maximum Gasteiger partial charge on any atom is 0.239 e. The van der Waals surface area contributed by atoms with E-state index in [-0.39, 0.29) is 11.9 Å². The molecule has 1 aliphatic heterocycles. The Kier molecular flexibility index (Phi) is 4.97. The van der Waals surface area contributed by atoms with Crippen LogP contribution in [-0.2, 0) is 9.53 Å². The quantitative estimate of drug-likeness (QED) is 0.750. The standard InChI is InChI=1S/C13H25N3O2/c1-2-15-13(17)12-9-18-8-7-16(12)11-5-3-10(14)4-6-11/h10-12H,2-9,14H2,1H3,(H,15,17). The first-order chi connectivity index (χ1) is 8.72. The minimum atomic E-state index is -0.113. The summed E-state index contributed by atoms with van der Waals surface area (Å²) in [6.07, 6.45) is 4.36. The fourth-order valence-corrected chi connectivity index (χ4v) is 3.01. The molecule has 104 valence electrons. The number of carbonyl (C=O) groups is 1. The van der Waals surface area contributed by atoms with Crippen LogP contribution in [0.1, 0.15) is 32.6 Å². The Labute approximate surface area is 109 Å². The van der Waals surface area contributed by atoms with Gasteiger partial charge in [0.25, 0.3) is 0 Å². The summed E-state index contributed by atoms with van der Waals surface area (Å²) in [6, 6.07) is 0.740. The Morgan fingerprint density at radius 3 is 2.78 bits per heavy atom. The summed E-state index contributed by atoms with van der Waals surface area (Å²) in [5.41, 5.74) is 5.95. The third-order valence-corrected chi connectivity index (χ3v) is 4.03. The molecule has 3 N–H and O–H groups in total. The summed E-state index contributed by atoms with van der Waals surface area (Å²) in [4.78, 5) is 14.4. The molecule has 0 radical (unpaired) electrons. The molecule has 1 saturated carbocycles. The van der Waals surface area contributed by atoms with Crippen molar-refractivity contribution in [3.05, 3.63) is 0 Å². The zero-order valence-corrected chi connectivity index (χ0v) is 11.2. The molecule has 1 atom stereocenters. The Balaban J connectivity index is 1.96. The van der Waals surface area contributed by atoms with Gasteiger partial charge in [-0.3, -0.25) is 9.69 Å². The van der Waals surface area contributed by atoms with Crippen LogP contribution in [0, 0.1) is 0 Å². The van der Waals surface area contributed by atoms with Gasteiger partial charge in [-0.15, -0.1) is 0 Å². The van der Waals surface area contributed by atoms with Gasteiger partial charge in [0.2, 0.25) is 5.91 Å². The number of carbonyl (C=O) groups excluding carboxylic acids is 1. The van der Waals surface area contributed by atoms with Gasteiger partial charge in [-0.1, -0.05) is 0 Å². The number of likely N-dealkylation sites (N-methyl/N-ethyl adjacent to an activating group) is 1. The summed E-state index contributed by atoms with van der Waals surface area (Å²) < 4.78 is 5.46. The van der Waals surface area contributed by atoms with Crippen molar-refractivity contribution in [2.24, 2.45) is 5.73 Å². The van der Waals surface area contributed by atoms with Crippen molar-refractivity contribution in [3.63, 3.8) is 0 Å². The lowest BCUT2D eigenvalue weighted by atomic mass is 9.89. The number of morpholine rings is 1. The second kappa shape index (κ2) is 6.50. The smallest absolute Gasteiger partial charge is 0.239 e. The highest BCUT2D eigenvalue weighted by Gasteiger charge is 2.35. The lowest BCUT2D eigenvalue weighted by Crippen LogP contribution is -2.58. The molecule has 0 spiro atoms. The summed E-state index contributed by atoms with van der Waals surface area (Å²) in [7, 11) is 0.